The Labute approximate surface area is 117 Å². The largest absolute Gasteiger partial charge is 0.461 e. The molecule has 1 saturated heterocycles. The van der Waals surface area contributed by atoms with Gasteiger partial charge in [0.05, 0.1) is 5.92 Å². The molecule has 1 aromatic carbocycles. The molecule has 20 heavy (non-hydrogen) atoms. The maximum atomic E-state index is 13.0. The van der Waals surface area contributed by atoms with Gasteiger partial charge in [-0.05, 0) is 30.5 Å². The number of esters is 1. The van der Waals surface area contributed by atoms with Gasteiger partial charge in [0.2, 0.25) is 5.91 Å². The van der Waals surface area contributed by atoms with Crippen LogP contribution in [0.2, 0.25) is 0 Å². The van der Waals surface area contributed by atoms with Gasteiger partial charge in [-0.25, -0.2) is 4.39 Å². The van der Waals surface area contributed by atoms with Gasteiger partial charge in [-0.3, -0.25) is 9.59 Å². The van der Waals surface area contributed by atoms with E-state index in [9.17, 15) is 14.0 Å². The first-order chi connectivity index (χ1) is 9.56. The normalized spacial score (nSPS) is 16.0. The number of amides is 1. The third-order valence-corrected chi connectivity index (χ3v) is 3.54. The molecule has 0 N–H and O–H groups in total. The van der Waals surface area contributed by atoms with Crippen molar-refractivity contribution in [3.8, 4) is 0 Å². The number of likely N-dealkylation sites (tertiary alicyclic amines) is 1. The first-order valence-electron chi connectivity index (χ1n) is 6.73. The highest BCUT2D eigenvalue weighted by molar-refractivity contribution is 5.75. The van der Waals surface area contributed by atoms with Crippen LogP contribution in [0.1, 0.15) is 25.3 Å². The molecule has 1 aliphatic rings. The van der Waals surface area contributed by atoms with Gasteiger partial charge in [0.1, 0.15) is 12.4 Å². The van der Waals surface area contributed by atoms with Crippen LogP contribution in [0.25, 0.3) is 0 Å². The number of piperidine rings is 1. The van der Waals surface area contributed by atoms with E-state index in [-0.39, 0.29) is 30.2 Å². The maximum Gasteiger partial charge on any atom is 0.309 e. The minimum absolute atomic E-state index is 0.0385. The number of carbonyl (C=O) groups is 2. The van der Waals surface area contributed by atoms with E-state index >= 15 is 0 Å². The number of carbonyl (C=O) groups excluding carboxylic acids is 2. The number of hydrogen-bond donors (Lipinski definition) is 0. The first-order valence-corrected chi connectivity index (χ1v) is 6.73. The van der Waals surface area contributed by atoms with Gasteiger partial charge in [-0.15, -0.1) is 0 Å². The summed E-state index contributed by atoms with van der Waals surface area (Å²) in [4.78, 5) is 24.8. The third kappa shape index (κ3) is 3.79. The fourth-order valence-electron chi connectivity index (χ4n) is 2.33. The van der Waals surface area contributed by atoms with Gasteiger partial charge in [0.15, 0.2) is 0 Å². The predicted molar refractivity (Wildman–Crippen MR) is 71.2 cm³/mol. The predicted octanol–water partition coefficient (Wildman–Crippen LogP) is 2.13. The molecule has 0 atom stereocenters. The van der Waals surface area contributed by atoms with Crippen LogP contribution in [-0.4, -0.2) is 29.9 Å². The van der Waals surface area contributed by atoms with Gasteiger partial charge in [-0.1, -0.05) is 12.1 Å². The lowest BCUT2D eigenvalue weighted by molar-refractivity contribution is -0.152. The van der Waals surface area contributed by atoms with Crippen LogP contribution in [0.5, 0.6) is 0 Å². The summed E-state index contributed by atoms with van der Waals surface area (Å²) in [6.45, 7) is 2.80. The maximum absolute atomic E-state index is 13.0. The second kappa shape index (κ2) is 6.50. The van der Waals surface area contributed by atoms with E-state index < -0.39 is 0 Å². The summed E-state index contributed by atoms with van der Waals surface area (Å²) >= 11 is 0. The van der Waals surface area contributed by atoms with Crippen LogP contribution in [0.4, 0.5) is 4.39 Å². The third-order valence-electron chi connectivity index (χ3n) is 3.54. The van der Waals surface area contributed by atoms with E-state index in [2.05, 4.69) is 0 Å². The number of ether oxygens (including phenoxy) is 1. The molecule has 1 fully saturated rings. The molecular formula is C15H18FNO3. The van der Waals surface area contributed by atoms with Crippen LogP contribution in [-0.2, 0) is 20.9 Å². The molecule has 5 heteroatoms. The Kier molecular flexibility index (Phi) is 4.71. The van der Waals surface area contributed by atoms with Crippen LogP contribution in [0.3, 0.4) is 0 Å². The molecule has 0 radical (unpaired) electrons. The highest BCUT2D eigenvalue weighted by Gasteiger charge is 2.27. The van der Waals surface area contributed by atoms with Crippen molar-refractivity contribution >= 4 is 11.9 Å². The molecule has 2 rings (SSSR count). The molecular weight excluding hydrogens is 261 g/mol. The number of halogens is 1. The number of rotatable bonds is 3. The van der Waals surface area contributed by atoms with Crippen molar-refractivity contribution in [2.75, 3.05) is 13.1 Å². The lowest BCUT2D eigenvalue weighted by Crippen LogP contribution is -2.39. The summed E-state index contributed by atoms with van der Waals surface area (Å²) in [7, 11) is 0. The van der Waals surface area contributed by atoms with Crippen LogP contribution in [0, 0.1) is 11.7 Å². The molecule has 0 aromatic heterocycles. The summed E-state index contributed by atoms with van der Waals surface area (Å²) in [5, 5.41) is 0. The molecule has 0 aliphatic carbocycles. The van der Waals surface area contributed by atoms with Crippen LogP contribution >= 0.6 is 0 Å². The molecule has 1 aliphatic heterocycles. The minimum atomic E-state index is -0.340. The van der Waals surface area contributed by atoms with Crippen molar-refractivity contribution in [2.24, 2.45) is 5.92 Å². The van der Waals surface area contributed by atoms with E-state index in [4.69, 9.17) is 4.74 Å². The molecule has 108 valence electrons. The zero-order valence-electron chi connectivity index (χ0n) is 11.5. The van der Waals surface area contributed by atoms with Crippen molar-refractivity contribution in [1.82, 2.24) is 4.90 Å². The van der Waals surface area contributed by atoms with Crippen LogP contribution < -0.4 is 0 Å². The van der Waals surface area contributed by atoms with E-state index in [1.807, 2.05) is 0 Å². The number of benzene rings is 1. The van der Waals surface area contributed by atoms with Crippen molar-refractivity contribution in [3.05, 3.63) is 35.6 Å². The summed E-state index contributed by atoms with van der Waals surface area (Å²) in [6.07, 6.45) is 1.25. The summed E-state index contributed by atoms with van der Waals surface area (Å²) in [5.41, 5.74) is 0.638. The Balaban J connectivity index is 1.80. The average molecular weight is 279 g/mol. The molecule has 1 amide bonds. The minimum Gasteiger partial charge on any atom is -0.461 e. The number of hydrogen-bond acceptors (Lipinski definition) is 3. The van der Waals surface area contributed by atoms with Gasteiger partial charge in [0, 0.05) is 20.0 Å². The topological polar surface area (TPSA) is 46.6 Å². The number of nitrogens with zero attached hydrogens (tertiary/aromatic N) is 1. The Bertz CT molecular complexity index is 496. The van der Waals surface area contributed by atoms with E-state index in [1.165, 1.54) is 19.1 Å². The fraction of sp³-hybridized carbons (Fsp3) is 0.467. The summed E-state index contributed by atoms with van der Waals surface area (Å²) < 4.78 is 18.2. The monoisotopic (exact) mass is 279 g/mol. The highest BCUT2D eigenvalue weighted by Crippen LogP contribution is 2.19. The average Bonchev–Trinajstić information content (AvgIpc) is 2.45. The molecule has 1 heterocycles. The van der Waals surface area contributed by atoms with Gasteiger partial charge in [0.25, 0.3) is 0 Å². The Morgan fingerprint density at radius 2 is 2.05 bits per heavy atom. The zero-order valence-corrected chi connectivity index (χ0v) is 11.5. The van der Waals surface area contributed by atoms with E-state index in [0.717, 1.165) is 0 Å². The first kappa shape index (κ1) is 14.5. The SMILES string of the molecule is CC(=O)N1CCC(C(=O)OCc2cccc(F)c2)CC1. The Morgan fingerprint density at radius 1 is 1.35 bits per heavy atom. The second-order valence-electron chi connectivity index (χ2n) is 5.02. The fourth-order valence-corrected chi connectivity index (χ4v) is 2.33. The van der Waals surface area contributed by atoms with Crippen molar-refractivity contribution in [1.29, 1.82) is 0 Å². The highest BCUT2D eigenvalue weighted by atomic mass is 19.1. The van der Waals surface area contributed by atoms with Gasteiger partial charge < -0.3 is 9.64 Å². The van der Waals surface area contributed by atoms with E-state index in [1.54, 1.807) is 17.0 Å². The smallest absolute Gasteiger partial charge is 0.309 e. The second-order valence-corrected chi connectivity index (χ2v) is 5.02. The van der Waals surface area contributed by atoms with Gasteiger partial charge >= 0.3 is 5.97 Å². The standard InChI is InChI=1S/C15H18FNO3/c1-11(18)17-7-5-13(6-8-17)15(19)20-10-12-3-2-4-14(16)9-12/h2-4,9,13H,5-8,10H2,1H3. The lowest BCUT2D eigenvalue weighted by atomic mass is 9.97. The van der Waals surface area contributed by atoms with Crippen LogP contribution in [0.15, 0.2) is 24.3 Å². The molecule has 0 saturated carbocycles. The zero-order chi connectivity index (χ0) is 14.5. The van der Waals surface area contributed by atoms with Gasteiger partial charge in [-0.2, -0.15) is 0 Å². The van der Waals surface area contributed by atoms with E-state index in [0.29, 0.717) is 31.5 Å². The lowest BCUT2D eigenvalue weighted by Gasteiger charge is -2.30. The summed E-state index contributed by atoms with van der Waals surface area (Å²) in [5.74, 6) is -0.735. The Morgan fingerprint density at radius 3 is 2.65 bits per heavy atom. The van der Waals surface area contributed by atoms with Crippen molar-refractivity contribution in [3.63, 3.8) is 0 Å². The Hall–Kier alpha value is -1.91. The van der Waals surface area contributed by atoms with Crippen molar-refractivity contribution in [2.45, 2.75) is 26.4 Å². The molecule has 1 aromatic rings. The molecule has 0 bridgehead atoms. The van der Waals surface area contributed by atoms with Crippen molar-refractivity contribution < 1.29 is 18.7 Å². The molecule has 4 nitrogen and oxygen atoms in total. The quantitative estimate of drug-likeness (QED) is 0.796. The molecule has 0 spiro atoms. The molecule has 0 unspecified atom stereocenters. The summed E-state index contributed by atoms with van der Waals surface area (Å²) in [6, 6.07) is 6.01.